The number of carbonyl (C=O) groups is 5. The molecule has 1 aromatic carbocycles. The van der Waals surface area contributed by atoms with Crippen LogP contribution >= 0.6 is 0 Å². The van der Waals surface area contributed by atoms with Crippen LogP contribution in [-0.4, -0.2) is 101 Å². The van der Waals surface area contributed by atoms with E-state index in [2.05, 4.69) is 16.0 Å². The van der Waals surface area contributed by atoms with E-state index in [0.29, 0.717) is 64.9 Å². The molecule has 0 unspecified atom stereocenters. The summed E-state index contributed by atoms with van der Waals surface area (Å²) in [6.07, 6.45) is 10.8. The summed E-state index contributed by atoms with van der Waals surface area (Å²) in [5, 5.41) is 8.62. The second kappa shape index (κ2) is 32.2. The van der Waals surface area contributed by atoms with Crippen molar-refractivity contribution in [2.45, 2.75) is 108 Å². The van der Waals surface area contributed by atoms with Gasteiger partial charge < -0.3 is 51.2 Å². The van der Waals surface area contributed by atoms with Crippen molar-refractivity contribution in [3.63, 3.8) is 0 Å². The van der Waals surface area contributed by atoms with E-state index >= 15 is 0 Å². The standard InChI is InChI=1S/C38H65N5O9/c39-21-12-23-41-34(45)19-27-50-31-38(30-49-26-14-25-44,32-51-28-20-35(46)42-24-13-22-40)43-36(47)17-10-5-3-1-2-4-6-11-18-37(48)52-29-33-15-8-7-9-16-33/h7-9,15-16,25H,1-6,10-14,17-24,26-32,39-40H2,(H,41,45)(H,42,46)(H,43,47). The van der Waals surface area contributed by atoms with Gasteiger partial charge in [0.05, 0.1) is 39.6 Å². The zero-order chi connectivity index (χ0) is 38.0. The molecule has 1 rings (SSSR count). The molecule has 0 saturated carbocycles. The van der Waals surface area contributed by atoms with E-state index in [1.54, 1.807) is 0 Å². The van der Waals surface area contributed by atoms with E-state index in [1.165, 1.54) is 0 Å². The van der Waals surface area contributed by atoms with Crippen molar-refractivity contribution in [1.29, 1.82) is 0 Å². The minimum atomic E-state index is -1.10. The predicted octanol–water partition coefficient (Wildman–Crippen LogP) is 2.83. The van der Waals surface area contributed by atoms with E-state index in [-0.39, 0.29) is 82.6 Å². The van der Waals surface area contributed by atoms with Crippen molar-refractivity contribution in [2.75, 3.05) is 65.8 Å². The third-order valence-electron chi connectivity index (χ3n) is 8.05. The molecule has 7 N–H and O–H groups in total. The molecule has 0 aliphatic rings. The molecule has 0 aliphatic heterocycles. The highest BCUT2D eigenvalue weighted by Gasteiger charge is 2.33. The Morgan fingerprint density at radius 2 is 1.12 bits per heavy atom. The lowest BCUT2D eigenvalue weighted by molar-refractivity contribution is -0.145. The van der Waals surface area contributed by atoms with Gasteiger partial charge in [0, 0.05) is 45.2 Å². The summed E-state index contributed by atoms with van der Waals surface area (Å²) in [5.74, 6) is -0.688. The number of unbranched alkanes of at least 4 members (excludes halogenated alkanes) is 7. The molecule has 1 aromatic rings. The van der Waals surface area contributed by atoms with Crippen LogP contribution in [0.3, 0.4) is 0 Å². The molecular weight excluding hydrogens is 670 g/mol. The number of ether oxygens (including phenoxy) is 4. The monoisotopic (exact) mass is 735 g/mol. The maximum Gasteiger partial charge on any atom is 0.306 e. The molecule has 0 aromatic heterocycles. The van der Waals surface area contributed by atoms with Crippen LogP contribution < -0.4 is 27.4 Å². The highest BCUT2D eigenvalue weighted by molar-refractivity contribution is 5.77. The normalized spacial score (nSPS) is 11.2. The molecule has 0 radical (unpaired) electrons. The molecular formula is C38H65N5O9. The Labute approximate surface area is 310 Å². The lowest BCUT2D eigenvalue weighted by Gasteiger charge is -2.34. The van der Waals surface area contributed by atoms with Gasteiger partial charge in [0.15, 0.2) is 0 Å². The van der Waals surface area contributed by atoms with E-state index in [4.69, 9.17) is 30.4 Å². The Bertz CT molecular complexity index is 1060. The summed E-state index contributed by atoms with van der Waals surface area (Å²) in [6.45, 7) is 2.66. The molecule has 0 saturated heterocycles. The molecule has 0 bridgehead atoms. The highest BCUT2D eigenvalue weighted by atomic mass is 16.5. The molecule has 52 heavy (non-hydrogen) atoms. The smallest absolute Gasteiger partial charge is 0.306 e. The fraction of sp³-hybridized carbons (Fsp3) is 0.711. The van der Waals surface area contributed by atoms with Crippen LogP contribution in [0.5, 0.6) is 0 Å². The molecule has 0 heterocycles. The average molecular weight is 736 g/mol. The van der Waals surface area contributed by atoms with Crippen LogP contribution in [0, 0.1) is 0 Å². The number of rotatable bonds is 35. The van der Waals surface area contributed by atoms with Crippen molar-refractivity contribution in [3.8, 4) is 0 Å². The quantitative estimate of drug-likeness (QED) is 0.0389. The van der Waals surface area contributed by atoms with Crippen molar-refractivity contribution in [3.05, 3.63) is 35.9 Å². The first-order valence-electron chi connectivity index (χ1n) is 18.9. The van der Waals surface area contributed by atoms with Gasteiger partial charge in [-0.15, -0.1) is 0 Å². The molecule has 3 amide bonds. The first-order chi connectivity index (χ1) is 25.3. The number of carbonyl (C=O) groups excluding carboxylic acids is 5. The van der Waals surface area contributed by atoms with E-state index in [9.17, 15) is 24.0 Å². The number of aldehydes is 1. The number of esters is 1. The predicted molar refractivity (Wildman–Crippen MR) is 199 cm³/mol. The lowest BCUT2D eigenvalue weighted by atomic mass is 10.0. The number of nitrogens with two attached hydrogens (primary N) is 2. The van der Waals surface area contributed by atoms with Gasteiger partial charge in [-0.2, -0.15) is 0 Å². The maximum absolute atomic E-state index is 13.2. The number of amides is 3. The second-order valence-electron chi connectivity index (χ2n) is 12.9. The minimum absolute atomic E-state index is 0.00333. The van der Waals surface area contributed by atoms with Crippen LogP contribution in [0.2, 0.25) is 0 Å². The summed E-state index contributed by atoms with van der Waals surface area (Å²) in [7, 11) is 0. The number of hydrogen-bond acceptors (Lipinski definition) is 11. The Hall–Kier alpha value is -3.43. The lowest BCUT2D eigenvalue weighted by Crippen LogP contribution is -2.58. The summed E-state index contributed by atoms with van der Waals surface area (Å²) in [6, 6.07) is 9.64. The molecule has 296 valence electrons. The van der Waals surface area contributed by atoms with Crippen LogP contribution in [-0.2, 0) is 49.5 Å². The maximum atomic E-state index is 13.2. The van der Waals surface area contributed by atoms with Gasteiger partial charge >= 0.3 is 5.97 Å². The largest absolute Gasteiger partial charge is 0.461 e. The van der Waals surface area contributed by atoms with Gasteiger partial charge in [0.1, 0.15) is 18.4 Å². The van der Waals surface area contributed by atoms with Gasteiger partial charge in [-0.25, -0.2) is 0 Å². The van der Waals surface area contributed by atoms with Crippen LogP contribution in [0.1, 0.15) is 102 Å². The van der Waals surface area contributed by atoms with Gasteiger partial charge in [-0.05, 0) is 44.3 Å². The van der Waals surface area contributed by atoms with Crippen LogP contribution in [0.15, 0.2) is 30.3 Å². The first kappa shape index (κ1) is 46.6. The van der Waals surface area contributed by atoms with Crippen LogP contribution in [0.25, 0.3) is 0 Å². The SMILES string of the molecule is NCCCNC(=O)CCOCC(COCCC=O)(COCCC(=O)NCCCN)NC(=O)CCCCCCCCCCC(=O)OCc1ccccc1. The zero-order valence-electron chi connectivity index (χ0n) is 31.2. The van der Waals surface area contributed by atoms with Crippen molar-refractivity contribution < 1.29 is 42.9 Å². The molecule has 0 spiro atoms. The zero-order valence-corrected chi connectivity index (χ0v) is 31.2. The molecule has 0 aliphatic carbocycles. The topological polar surface area (TPSA) is 210 Å². The number of hydrogen-bond donors (Lipinski definition) is 5. The summed E-state index contributed by atoms with van der Waals surface area (Å²) in [4.78, 5) is 60.3. The van der Waals surface area contributed by atoms with Crippen molar-refractivity contribution >= 4 is 30.0 Å². The van der Waals surface area contributed by atoms with E-state index in [0.717, 1.165) is 56.8 Å². The molecule has 14 heteroatoms. The molecule has 14 nitrogen and oxygen atoms in total. The fourth-order valence-corrected chi connectivity index (χ4v) is 5.12. The molecule has 0 fully saturated rings. The van der Waals surface area contributed by atoms with E-state index in [1.807, 2.05) is 30.3 Å². The Kier molecular flexibility index (Phi) is 28.9. The Morgan fingerprint density at radius 3 is 1.63 bits per heavy atom. The second-order valence-corrected chi connectivity index (χ2v) is 12.9. The minimum Gasteiger partial charge on any atom is -0.461 e. The number of benzene rings is 1. The van der Waals surface area contributed by atoms with Crippen molar-refractivity contribution in [1.82, 2.24) is 16.0 Å². The Morgan fingerprint density at radius 1 is 0.615 bits per heavy atom. The van der Waals surface area contributed by atoms with Gasteiger partial charge in [0.25, 0.3) is 0 Å². The van der Waals surface area contributed by atoms with Gasteiger partial charge in [-0.3, -0.25) is 19.2 Å². The van der Waals surface area contributed by atoms with Crippen molar-refractivity contribution in [2.24, 2.45) is 11.5 Å². The van der Waals surface area contributed by atoms with Gasteiger partial charge in [-0.1, -0.05) is 68.9 Å². The van der Waals surface area contributed by atoms with Crippen LogP contribution in [0.4, 0.5) is 0 Å². The van der Waals surface area contributed by atoms with Gasteiger partial charge in [0.2, 0.25) is 17.7 Å². The number of nitrogens with one attached hydrogen (secondary N) is 3. The third-order valence-corrected chi connectivity index (χ3v) is 8.05. The summed E-state index contributed by atoms with van der Waals surface area (Å²) in [5.41, 5.74) is 10.9. The Balaban J connectivity index is 2.51. The third kappa shape index (κ3) is 26.4. The summed E-state index contributed by atoms with van der Waals surface area (Å²) >= 11 is 0. The first-order valence-corrected chi connectivity index (χ1v) is 18.9. The average Bonchev–Trinajstić information content (AvgIpc) is 3.14. The summed E-state index contributed by atoms with van der Waals surface area (Å²) < 4.78 is 22.8. The highest BCUT2D eigenvalue weighted by Crippen LogP contribution is 2.14. The van der Waals surface area contributed by atoms with E-state index < -0.39 is 5.54 Å². The molecule has 0 atom stereocenters. The fourth-order valence-electron chi connectivity index (χ4n) is 5.12.